The summed E-state index contributed by atoms with van der Waals surface area (Å²) in [6, 6.07) is 0. The quantitative estimate of drug-likeness (QED) is 0.756. The molecule has 0 N–H and O–H groups in total. The number of rotatable bonds is 2. The van der Waals surface area contributed by atoms with E-state index >= 15 is 0 Å². The van der Waals surface area contributed by atoms with Crippen molar-refractivity contribution < 1.29 is 0 Å². The number of thiazole rings is 1. The summed E-state index contributed by atoms with van der Waals surface area (Å²) in [4.78, 5) is 8.14. The minimum Gasteiger partial charge on any atom is -0.298 e. The molecule has 0 saturated carbocycles. The van der Waals surface area contributed by atoms with Crippen LogP contribution in [0.3, 0.4) is 0 Å². The zero-order chi connectivity index (χ0) is 9.26. The molecule has 0 fully saturated rings. The van der Waals surface area contributed by atoms with Gasteiger partial charge < -0.3 is 0 Å². The highest BCUT2D eigenvalue weighted by Gasteiger charge is 2.19. The summed E-state index contributed by atoms with van der Waals surface area (Å²) in [5.41, 5.74) is 1.22. The van der Waals surface area contributed by atoms with Crippen molar-refractivity contribution in [3.63, 3.8) is 0 Å². The fourth-order valence-electron chi connectivity index (χ4n) is 1.72. The fraction of sp³-hybridized carbons (Fsp3) is 0.667. The van der Waals surface area contributed by atoms with E-state index in [2.05, 4.69) is 16.8 Å². The molecule has 0 saturated heterocycles. The molecular formula is C9H13ClN2S. The van der Waals surface area contributed by atoms with E-state index in [4.69, 9.17) is 11.6 Å². The molecule has 72 valence electrons. The molecule has 0 radical (unpaired) electrons. The van der Waals surface area contributed by atoms with Gasteiger partial charge in [-0.3, -0.25) is 4.90 Å². The number of hydrogen-bond acceptors (Lipinski definition) is 3. The molecule has 0 aromatic carbocycles. The van der Waals surface area contributed by atoms with Gasteiger partial charge in [-0.1, -0.05) is 18.5 Å². The SMILES string of the molecule is CCCN1CCc2nc(Cl)sc2C1. The molecule has 0 aliphatic carbocycles. The van der Waals surface area contributed by atoms with Gasteiger partial charge in [-0.2, -0.15) is 0 Å². The molecule has 2 rings (SSSR count). The van der Waals surface area contributed by atoms with Gasteiger partial charge in [-0.15, -0.1) is 11.3 Å². The standard InChI is InChI=1S/C9H13ClN2S/c1-2-4-12-5-3-7-8(6-12)13-9(10)11-7/h2-6H2,1H3. The van der Waals surface area contributed by atoms with Crippen LogP contribution in [0.1, 0.15) is 23.9 Å². The van der Waals surface area contributed by atoms with E-state index in [0.29, 0.717) is 4.47 Å². The first-order chi connectivity index (χ1) is 6.29. The van der Waals surface area contributed by atoms with Gasteiger partial charge in [0.15, 0.2) is 4.47 Å². The lowest BCUT2D eigenvalue weighted by Crippen LogP contribution is -2.30. The third kappa shape index (κ3) is 2.03. The summed E-state index contributed by atoms with van der Waals surface area (Å²) < 4.78 is 0.698. The summed E-state index contributed by atoms with van der Waals surface area (Å²) in [7, 11) is 0. The van der Waals surface area contributed by atoms with E-state index in [-0.39, 0.29) is 0 Å². The van der Waals surface area contributed by atoms with E-state index < -0.39 is 0 Å². The second-order valence-corrected chi connectivity index (χ2v) is 5.03. The Labute approximate surface area is 87.5 Å². The van der Waals surface area contributed by atoms with Gasteiger partial charge in [-0.05, 0) is 13.0 Å². The number of fused-ring (bicyclic) bond motifs is 1. The molecule has 13 heavy (non-hydrogen) atoms. The van der Waals surface area contributed by atoms with Crippen LogP contribution in [0, 0.1) is 0 Å². The van der Waals surface area contributed by atoms with E-state index in [1.807, 2.05) is 0 Å². The molecule has 2 nitrogen and oxygen atoms in total. The first kappa shape index (κ1) is 9.44. The third-order valence-electron chi connectivity index (χ3n) is 2.32. The average molecular weight is 217 g/mol. The molecular weight excluding hydrogens is 204 g/mol. The van der Waals surface area contributed by atoms with Crippen LogP contribution in [0.5, 0.6) is 0 Å². The van der Waals surface area contributed by atoms with Crippen LogP contribution in [0.4, 0.5) is 0 Å². The molecule has 0 amide bonds. The van der Waals surface area contributed by atoms with E-state index in [1.165, 1.54) is 23.5 Å². The highest BCUT2D eigenvalue weighted by molar-refractivity contribution is 7.15. The van der Waals surface area contributed by atoms with E-state index in [1.54, 1.807) is 11.3 Å². The Morgan fingerprint density at radius 3 is 3.23 bits per heavy atom. The molecule has 2 heterocycles. The van der Waals surface area contributed by atoms with Crippen LogP contribution in [0.25, 0.3) is 0 Å². The average Bonchev–Trinajstić information content (AvgIpc) is 2.44. The van der Waals surface area contributed by atoms with Crippen LogP contribution in [-0.4, -0.2) is 23.0 Å². The van der Waals surface area contributed by atoms with Gasteiger partial charge in [-0.25, -0.2) is 4.98 Å². The first-order valence-electron chi connectivity index (χ1n) is 4.66. The monoisotopic (exact) mass is 216 g/mol. The van der Waals surface area contributed by atoms with Gasteiger partial charge in [0.05, 0.1) is 5.69 Å². The first-order valence-corrected chi connectivity index (χ1v) is 5.85. The van der Waals surface area contributed by atoms with Crippen molar-refractivity contribution in [2.24, 2.45) is 0 Å². The lowest BCUT2D eigenvalue weighted by molar-refractivity contribution is 0.256. The van der Waals surface area contributed by atoms with Gasteiger partial charge in [0.25, 0.3) is 0 Å². The van der Waals surface area contributed by atoms with Crippen LogP contribution < -0.4 is 0 Å². The van der Waals surface area contributed by atoms with Crippen molar-refractivity contribution in [1.29, 1.82) is 0 Å². The summed E-state index contributed by atoms with van der Waals surface area (Å²) >= 11 is 7.50. The molecule has 1 aromatic rings. The Hall–Kier alpha value is -0.120. The molecule has 1 aliphatic heterocycles. The number of nitrogens with zero attached hydrogens (tertiary/aromatic N) is 2. The second-order valence-electron chi connectivity index (χ2n) is 3.36. The van der Waals surface area contributed by atoms with Crippen LogP contribution in [0.2, 0.25) is 4.47 Å². The third-order valence-corrected chi connectivity index (χ3v) is 3.51. The van der Waals surface area contributed by atoms with Crippen LogP contribution in [0.15, 0.2) is 0 Å². The number of halogens is 1. The minimum atomic E-state index is 0.698. The summed E-state index contributed by atoms with van der Waals surface area (Å²) in [5, 5.41) is 0. The Balaban J connectivity index is 2.10. The van der Waals surface area contributed by atoms with Crippen molar-refractivity contribution in [1.82, 2.24) is 9.88 Å². The smallest absolute Gasteiger partial charge is 0.184 e. The fourth-order valence-corrected chi connectivity index (χ4v) is 2.98. The highest BCUT2D eigenvalue weighted by Crippen LogP contribution is 2.27. The Morgan fingerprint density at radius 1 is 1.62 bits per heavy atom. The largest absolute Gasteiger partial charge is 0.298 e. The lowest BCUT2D eigenvalue weighted by Gasteiger charge is -2.24. The van der Waals surface area contributed by atoms with Crippen molar-refractivity contribution in [3.8, 4) is 0 Å². The summed E-state index contributed by atoms with van der Waals surface area (Å²) in [6.45, 7) is 5.60. The van der Waals surface area contributed by atoms with Gasteiger partial charge >= 0.3 is 0 Å². The van der Waals surface area contributed by atoms with Gasteiger partial charge in [0.2, 0.25) is 0 Å². The van der Waals surface area contributed by atoms with E-state index in [0.717, 1.165) is 19.5 Å². The summed E-state index contributed by atoms with van der Waals surface area (Å²) in [5.74, 6) is 0. The zero-order valence-corrected chi connectivity index (χ0v) is 9.29. The maximum atomic E-state index is 5.86. The molecule has 0 spiro atoms. The molecule has 1 aromatic heterocycles. The van der Waals surface area contributed by atoms with E-state index in [9.17, 15) is 0 Å². The Morgan fingerprint density at radius 2 is 2.46 bits per heavy atom. The molecule has 0 unspecified atom stereocenters. The number of aromatic nitrogens is 1. The number of hydrogen-bond donors (Lipinski definition) is 0. The maximum Gasteiger partial charge on any atom is 0.184 e. The summed E-state index contributed by atoms with van der Waals surface area (Å²) in [6.07, 6.45) is 2.29. The molecule has 0 bridgehead atoms. The minimum absolute atomic E-state index is 0.698. The lowest BCUT2D eigenvalue weighted by atomic mass is 10.2. The molecule has 0 atom stereocenters. The van der Waals surface area contributed by atoms with Crippen molar-refractivity contribution in [2.45, 2.75) is 26.3 Å². The zero-order valence-electron chi connectivity index (χ0n) is 7.72. The van der Waals surface area contributed by atoms with Crippen molar-refractivity contribution >= 4 is 22.9 Å². The topological polar surface area (TPSA) is 16.1 Å². The second kappa shape index (κ2) is 3.95. The predicted octanol–water partition coefficient (Wildman–Crippen LogP) is 2.56. The Bertz CT molecular complexity index is 298. The Kier molecular flexibility index (Phi) is 2.86. The molecule has 4 heteroatoms. The van der Waals surface area contributed by atoms with Crippen LogP contribution >= 0.6 is 22.9 Å². The van der Waals surface area contributed by atoms with Crippen molar-refractivity contribution in [3.05, 3.63) is 15.0 Å². The normalized spacial score (nSPS) is 17.4. The van der Waals surface area contributed by atoms with Crippen LogP contribution in [-0.2, 0) is 13.0 Å². The molecule has 1 aliphatic rings. The van der Waals surface area contributed by atoms with Crippen molar-refractivity contribution in [2.75, 3.05) is 13.1 Å². The van der Waals surface area contributed by atoms with Gasteiger partial charge in [0, 0.05) is 24.4 Å². The maximum absolute atomic E-state index is 5.86. The predicted molar refractivity (Wildman–Crippen MR) is 56.4 cm³/mol. The van der Waals surface area contributed by atoms with Gasteiger partial charge in [0.1, 0.15) is 0 Å². The highest BCUT2D eigenvalue weighted by atomic mass is 35.5.